The first-order valence-electron chi connectivity index (χ1n) is 8.99. The Labute approximate surface area is 148 Å². The Balaban J connectivity index is 1.57. The summed E-state index contributed by atoms with van der Waals surface area (Å²) >= 11 is 0. The monoisotopic (exact) mass is 351 g/mol. The Morgan fingerprint density at radius 2 is 2.24 bits per heavy atom. The predicted octanol–water partition coefficient (Wildman–Crippen LogP) is 0.291. The van der Waals surface area contributed by atoms with Crippen LogP contribution < -0.4 is 5.32 Å². The van der Waals surface area contributed by atoms with E-state index in [0.717, 1.165) is 38.9 Å². The molecular formula is C17H29N5O3. The minimum atomic E-state index is -0.0565. The average molecular weight is 351 g/mol. The van der Waals surface area contributed by atoms with Gasteiger partial charge in [0.15, 0.2) is 5.82 Å². The molecule has 1 aromatic heterocycles. The van der Waals surface area contributed by atoms with Crippen LogP contribution in [0.25, 0.3) is 0 Å². The fraction of sp³-hybridized carbons (Fsp3) is 0.824. The second-order valence-corrected chi connectivity index (χ2v) is 7.43. The largest absolute Gasteiger partial charge is 0.384 e. The molecule has 0 saturated carbocycles. The third kappa shape index (κ3) is 4.19. The summed E-state index contributed by atoms with van der Waals surface area (Å²) < 4.78 is 10.3. The number of nitrogens with zero attached hydrogens (tertiary/aromatic N) is 4. The molecule has 25 heavy (non-hydrogen) atoms. The van der Waals surface area contributed by atoms with Crippen LogP contribution in [0.1, 0.15) is 31.0 Å². The number of likely N-dealkylation sites (tertiary alicyclic amines) is 1. The fourth-order valence-electron chi connectivity index (χ4n) is 4.05. The van der Waals surface area contributed by atoms with Crippen LogP contribution in [0.4, 0.5) is 0 Å². The van der Waals surface area contributed by atoms with E-state index < -0.39 is 0 Å². The van der Waals surface area contributed by atoms with Gasteiger partial charge in [-0.25, -0.2) is 0 Å². The van der Waals surface area contributed by atoms with E-state index in [2.05, 4.69) is 27.4 Å². The first-order valence-corrected chi connectivity index (χ1v) is 8.99. The molecule has 0 bridgehead atoms. The van der Waals surface area contributed by atoms with Crippen molar-refractivity contribution in [3.8, 4) is 0 Å². The van der Waals surface area contributed by atoms with E-state index in [9.17, 15) is 4.79 Å². The molecule has 2 aliphatic rings. The molecule has 1 amide bonds. The smallest absolute Gasteiger partial charge is 0.246 e. The molecule has 3 heterocycles. The quantitative estimate of drug-likeness (QED) is 0.789. The lowest BCUT2D eigenvalue weighted by Crippen LogP contribution is -2.42. The molecule has 1 N–H and O–H groups in total. The van der Waals surface area contributed by atoms with Gasteiger partial charge in [-0.1, -0.05) is 5.16 Å². The number of methoxy groups -OCH3 is 1. The Morgan fingerprint density at radius 3 is 2.96 bits per heavy atom. The van der Waals surface area contributed by atoms with Crippen LogP contribution in [0.2, 0.25) is 0 Å². The minimum Gasteiger partial charge on any atom is -0.384 e. The summed E-state index contributed by atoms with van der Waals surface area (Å²) in [6.45, 7) is 4.00. The van der Waals surface area contributed by atoms with Gasteiger partial charge in [0, 0.05) is 27.1 Å². The summed E-state index contributed by atoms with van der Waals surface area (Å²) in [5.74, 6) is 1.22. The van der Waals surface area contributed by atoms with Gasteiger partial charge >= 0.3 is 0 Å². The molecule has 140 valence electrons. The molecule has 3 rings (SSSR count). The van der Waals surface area contributed by atoms with E-state index in [0.29, 0.717) is 36.7 Å². The Bertz CT molecular complexity index is 585. The lowest BCUT2D eigenvalue weighted by Gasteiger charge is -2.33. The highest BCUT2D eigenvalue weighted by atomic mass is 16.5. The van der Waals surface area contributed by atoms with Crippen LogP contribution in [0.15, 0.2) is 4.52 Å². The number of carbonyl (C=O) groups is 1. The van der Waals surface area contributed by atoms with E-state index in [1.807, 2.05) is 7.05 Å². The van der Waals surface area contributed by atoms with Gasteiger partial charge in [0.1, 0.15) is 0 Å². The Kier molecular flexibility index (Phi) is 5.71. The maximum Gasteiger partial charge on any atom is 0.246 e. The van der Waals surface area contributed by atoms with Gasteiger partial charge in [-0.2, -0.15) is 4.98 Å². The lowest BCUT2D eigenvalue weighted by atomic mass is 9.77. The molecule has 8 heteroatoms. The van der Waals surface area contributed by atoms with Gasteiger partial charge in [-0.3, -0.25) is 9.69 Å². The highest BCUT2D eigenvalue weighted by molar-refractivity contribution is 5.82. The summed E-state index contributed by atoms with van der Waals surface area (Å²) in [6.07, 6.45) is 3.85. The number of carbonyl (C=O) groups excluding carboxylic acids is 1. The molecule has 0 aromatic carbocycles. The summed E-state index contributed by atoms with van der Waals surface area (Å²) in [6, 6.07) is -0.0565. The topological polar surface area (TPSA) is 83.7 Å². The number of nitrogens with one attached hydrogen (secondary N) is 1. The average Bonchev–Trinajstić information content (AvgIpc) is 3.17. The molecule has 1 spiro atoms. The summed E-state index contributed by atoms with van der Waals surface area (Å²) in [4.78, 5) is 21.2. The van der Waals surface area contributed by atoms with Crippen molar-refractivity contribution in [2.75, 3.05) is 47.4 Å². The molecule has 0 radical (unpaired) electrons. The number of piperidine rings is 1. The highest BCUT2D eigenvalue weighted by Gasteiger charge is 2.46. The first-order chi connectivity index (χ1) is 12.0. The lowest BCUT2D eigenvalue weighted by molar-refractivity contribution is -0.135. The normalized spacial score (nSPS) is 23.2. The van der Waals surface area contributed by atoms with Crippen molar-refractivity contribution in [2.45, 2.75) is 38.3 Å². The van der Waals surface area contributed by atoms with E-state index in [4.69, 9.17) is 9.26 Å². The molecule has 2 fully saturated rings. The SMILES string of the molecule is COCCc1noc(CN(C)C(=O)[C@H]2CC3(CCNCC3)CN2C)n1. The highest BCUT2D eigenvalue weighted by Crippen LogP contribution is 2.41. The molecule has 1 atom stereocenters. The van der Waals surface area contributed by atoms with E-state index in [1.165, 1.54) is 0 Å². The Hall–Kier alpha value is -1.51. The standard InChI is InChI=1S/C17H29N5O3/c1-21(11-15-19-14(20-25-15)4-9-24-3)16(23)13-10-17(12-22(13)2)5-7-18-8-6-17/h13,18H,4-12H2,1-3H3/t13-/m1/s1. The number of hydrogen-bond donors (Lipinski definition) is 1. The molecule has 8 nitrogen and oxygen atoms in total. The van der Waals surface area contributed by atoms with Crippen LogP contribution in [-0.4, -0.2) is 79.3 Å². The third-order valence-corrected chi connectivity index (χ3v) is 5.48. The summed E-state index contributed by atoms with van der Waals surface area (Å²) in [5.41, 5.74) is 0.291. The maximum absolute atomic E-state index is 12.9. The van der Waals surface area contributed by atoms with Crippen LogP contribution in [0.5, 0.6) is 0 Å². The van der Waals surface area contributed by atoms with Crippen molar-refractivity contribution in [3.63, 3.8) is 0 Å². The maximum atomic E-state index is 12.9. The number of aromatic nitrogens is 2. The van der Waals surface area contributed by atoms with Crippen LogP contribution in [-0.2, 0) is 22.5 Å². The fourth-order valence-corrected chi connectivity index (χ4v) is 4.05. The van der Waals surface area contributed by atoms with Gasteiger partial charge in [0.25, 0.3) is 0 Å². The summed E-state index contributed by atoms with van der Waals surface area (Å²) in [7, 11) is 5.51. The second kappa shape index (κ2) is 7.80. The van der Waals surface area contributed by atoms with E-state index >= 15 is 0 Å². The van der Waals surface area contributed by atoms with Gasteiger partial charge in [0.2, 0.25) is 11.8 Å². The molecule has 2 aliphatic heterocycles. The van der Waals surface area contributed by atoms with Gasteiger partial charge in [-0.15, -0.1) is 0 Å². The number of amides is 1. The number of ether oxygens (including phenoxy) is 1. The minimum absolute atomic E-state index is 0.0565. The number of rotatable bonds is 6. The summed E-state index contributed by atoms with van der Waals surface area (Å²) in [5, 5.41) is 7.34. The van der Waals surface area contributed by atoms with Gasteiger partial charge in [0.05, 0.1) is 19.2 Å². The molecular weight excluding hydrogens is 322 g/mol. The predicted molar refractivity (Wildman–Crippen MR) is 91.9 cm³/mol. The molecule has 0 aliphatic carbocycles. The van der Waals surface area contributed by atoms with Gasteiger partial charge in [-0.05, 0) is 44.8 Å². The van der Waals surface area contributed by atoms with Crippen molar-refractivity contribution < 1.29 is 14.1 Å². The molecule has 0 unspecified atom stereocenters. The van der Waals surface area contributed by atoms with Crippen LogP contribution in [0, 0.1) is 5.41 Å². The van der Waals surface area contributed by atoms with Crippen LogP contribution >= 0.6 is 0 Å². The zero-order valence-electron chi connectivity index (χ0n) is 15.5. The van der Waals surface area contributed by atoms with Crippen molar-refractivity contribution in [3.05, 3.63) is 11.7 Å². The van der Waals surface area contributed by atoms with Crippen molar-refractivity contribution in [1.82, 2.24) is 25.3 Å². The van der Waals surface area contributed by atoms with Crippen molar-refractivity contribution in [2.24, 2.45) is 5.41 Å². The Morgan fingerprint density at radius 1 is 1.48 bits per heavy atom. The zero-order chi connectivity index (χ0) is 17.9. The molecule has 2 saturated heterocycles. The van der Waals surface area contributed by atoms with Crippen molar-refractivity contribution >= 4 is 5.91 Å². The van der Waals surface area contributed by atoms with Crippen LogP contribution in [0.3, 0.4) is 0 Å². The third-order valence-electron chi connectivity index (χ3n) is 5.48. The van der Waals surface area contributed by atoms with E-state index in [-0.39, 0.29) is 11.9 Å². The number of likely N-dealkylation sites (N-methyl/N-ethyl adjacent to an activating group) is 2. The first kappa shape index (κ1) is 18.3. The second-order valence-electron chi connectivity index (χ2n) is 7.43. The zero-order valence-corrected chi connectivity index (χ0v) is 15.5. The van der Waals surface area contributed by atoms with E-state index in [1.54, 1.807) is 12.0 Å². The van der Waals surface area contributed by atoms with Gasteiger partial charge < -0.3 is 19.5 Å². The number of hydrogen-bond acceptors (Lipinski definition) is 7. The molecule has 1 aromatic rings. The van der Waals surface area contributed by atoms with Crippen molar-refractivity contribution in [1.29, 1.82) is 0 Å².